The third kappa shape index (κ3) is 5.17. The molecule has 2 aliphatic heterocycles. The van der Waals surface area contributed by atoms with Crippen LogP contribution in [0.4, 0.5) is 5.69 Å². The molecule has 6 rings (SSSR count). The van der Waals surface area contributed by atoms with Crippen molar-refractivity contribution in [2.24, 2.45) is 0 Å². The van der Waals surface area contributed by atoms with Crippen molar-refractivity contribution in [1.29, 1.82) is 0 Å². The van der Waals surface area contributed by atoms with Gasteiger partial charge in [0.15, 0.2) is 5.54 Å². The molecule has 1 saturated heterocycles. The second kappa shape index (κ2) is 12.5. The molecule has 2 aliphatic rings. The minimum Gasteiger partial charge on any atom is -0.497 e. The maximum Gasteiger partial charge on any atom is 0.271 e. The lowest BCUT2D eigenvalue weighted by atomic mass is 9.80. The molecule has 3 heterocycles. The lowest BCUT2D eigenvalue weighted by Crippen LogP contribution is -2.54. The van der Waals surface area contributed by atoms with E-state index in [-0.39, 0.29) is 10.6 Å². The molecule has 1 amide bonds. The van der Waals surface area contributed by atoms with Crippen LogP contribution in [0.1, 0.15) is 54.8 Å². The molecular formula is C33H35ClN4O6S. The van der Waals surface area contributed by atoms with E-state index in [0.29, 0.717) is 53.0 Å². The first-order valence-electron chi connectivity index (χ1n) is 14.9. The van der Waals surface area contributed by atoms with Crippen molar-refractivity contribution < 1.29 is 27.1 Å². The molecule has 2 atom stereocenters. The monoisotopic (exact) mass is 650 g/mol. The number of rotatable bonds is 11. The average molecular weight is 651 g/mol. The quantitative estimate of drug-likeness (QED) is 0.205. The number of ether oxygens (including phenoxy) is 2. The molecular weight excluding hydrogens is 616 g/mol. The summed E-state index contributed by atoms with van der Waals surface area (Å²) in [5, 5.41) is 3.78. The molecule has 1 N–H and O–H groups in total. The van der Waals surface area contributed by atoms with Crippen LogP contribution >= 0.6 is 11.6 Å². The van der Waals surface area contributed by atoms with Crippen LogP contribution in [-0.2, 0) is 26.9 Å². The maximum absolute atomic E-state index is 15.4. The Hall–Kier alpha value is -3.90. The predicted molar refractivity (Wildman–Crippen MR) is 170 cm³/mol. The number of carbonyl (C=O) groups excluding carboxylic acids is 1. The maximum atomic E-state index is 15.4. The highest BCUT2D eigenvalue weighted by Crippen LogP contribution is 2.56. The van der Waals surface area contributed by atoms with Crippen LogP contribution < -0.4 is 19.1 Å². The van der Waals surface area contributed by atoms with Crippen molar-refractivity contribution in [1.82, 2.24) is 15.2 Å². The smallest absolute Gasteiger partial charge is 0.271 e. The average Bonchev–Trinajstić information content (AvgIpc) is 3.80. The number of nitrogens with one attached hydrogen (secondary N) is 1. The molecule has 0 spiro atoms. The number of likely N-dealkylation sites (tertiary alicyclic amines) is 1. The number of amides is 1. The van der Waals surface area contributed by atoms with Gasteiger partial charge in [0.2, 0.25) is 5.89 Å². The summed E-state index contributed by atoms with van der Waals surface area (Å²) < 4.78 is 46.8. The number of aromatic nitrogens is 1. The number of sulfonamides is 1. The number of hydrogen-bond donors (Lipinski definition) is 1. The Balaban J connectivity index is 1.64. The molecule has 2 unspecified atom stereocenters. The van der Waals surface area contributed by atoms with Gasteiger partial charge in [0.1, 0.15) is 17.8 Å². The van der Waals surface area contributed by atoms with E-state index in [4.69, 9.17) is 25.5 Å². The molecule has 0 saturated carbocycles. The topological polar surface area (TPSA) is 114 Å². The second-order valence-corrected chi connectivity index (χ2v) is 13.3. The summed E-state index contributed by atoms with van der Waals surface area (Å²) in [7, 11) is -1.36. The van der Waals surface area contributed by atoms with Gasteiger partial charge in [0.25, 0.3) is 15.9 Å². The number of fused-ring (bicyclic) bond motifs is 1. The van der Waals surface area contributed by atoms with E-state index in [1.54, 1.807) is 43.6 Å². The van der Waals surface area contributed by atoms with E-state index in [2.05, 4.69) is 17.2 Å². The number of halogens is 1. The summed E-state index contributed by atoms with van der Waals surface area (Å²) in [5.41, 5.74) is 0.433. The van der Waals surface area contributed by atoms with E-state index in [9.17, 15) is 8.42 Å². The minimum atomic E-state index is -4.40. The first kappa shape index (κ1) is 31.1. The summed E-state index contributed by atoms with van der Waals surface area (Å²) in [5.74, 6) is 0.716. The molecule has 1 aromatic heterocycles. The van der Waals surface area contributed by atoms with E-state index < -0.39 is 27.5 Å². The zero-order valence-electron chi connectivity index (χ0n) is 25.3. The van der Waals surface area contributed by atoms with Gasteiger partial charge in [-0.3, -0.25) is 9.69 Å². The van der Waals surface area contributed by atoms with Gasteiger partial charge in [-0.15, -0.1) is 0 Å². The van der Waals surface area contributed by atoms with Gasteiger partial charge in [-0.25, -0.2) is 17.7 Å². The summed E-state index contributed by atoms with van der Waals surface area (Å²) in [4.78, 5) is 21.8. The Morgan fingerprint density at radius 1 is 1.07 bits per heavy atom. The molecule has 236 valence electrons. The highest BCUT2D eigenvalue weighted by molar-refractivity contribution is 7.93. The van der Waals surface area contributed by atoms with E-state index in [1.165, 1.54) is 25.5 Å². The Morgan fingerprint density at radius 3 is 2.56 bits per heavy atom. The molecule has 10 nitrogen and oxygen atoms in total. The summed E-state index contributed by atoms with van der Waals surface area (Å²) in [6.45, 7) is 3.92. The van der Waals surface area contributed by atoms with Gasteiger partial charge in [-0.1, -0.05) is 24.6 Å². The predicted octanol–water partition coefficient (Wildman–Crippen LogP) is 5.66. The number of anilines is 1. The molecule has 4 aromatic rings. The highest BCUT2D eigenvalue weighted by Gasteiger charge is 2.62. The van der Waals surface area contributed by atoms with Crippen molar-refractivity contribution in [3.8, 4) is 11.5 Å². The van der Waals surface area contributed by atoms with Crippen molar-refractivity contribution in [3.63, 3.8) is 0 Å². The van der Waals surface area contributed by atoms with Crippen LogP contribution in [0.25, 0.3) is 0 Å². The van der Waals surface area contributed by atoms with Crippen LogP contribution in [0.3, 0.4) is 0 Å². The van der Waals surface area contributed by atoms with E-state index in [0.717, 1.165) is 29.3 Å². The molecule has 0 bridgehead atoms. The first-order chi connectivity index (χ1) is 21.8. The Kier molecular flexibility index (Phi) is 8.62. The number of methoxy groups -OCH3 is 2. The van der Waals surface area contributed by atoms with Crippen LogP contribution in [0, 0.1) is 0 Å². The van der Waals surface area contributed by atoms with Gasteiger partial charge < -0.3 is 19.2 Å². The highest BCUT2D eigenvalue weighted by atomic mass is 35.5. The zero-order valence-corrected chi connectivity index (χ0v) is 26.9. The fourth-order valence-corrected chi connectivity index (χ4v) is 8.14. The largest absolute Gasteiger partial charge is 0.497 e. The van der Waals surface area contributed by atoms with Gasteiger partial charge in [0.05, 0.1) is 37.0 Å². The van der Waals surface area contributed by atoms with E-state index in [1.807, 2.05) is 23.1 Å². The van der Waals surface area contributed by atoms with Gasteiger partial charge >= 0.3 is 0 Å². The van der Waals surface area contributed by atoms with E-state index >= 15 is 4.79 Å². The standard InChI is InChI=1S/C33H35ClN4O6S/c1-4-15-35-21-22-7-14-30(43-3)27(19-22)33(37-17-5-6-29(37)31-36-16-18-44-31)26-20-23(34)8-13-28(26)38(32(33)39)45(40,41)25-11-9-24(42-2)10-12-25/h7-14,16,18-20,29,35H,4-6,15,17,21H2,1-3H3. The number of nitrogens with zero attached hydrogens (tertiary/aromatic N) is 3. The molecule has 12 heteroatoms. The number of hydrogen-bond acceptors (Lipinski definition) is 9. The molecule has 0 aliphatic carbocycles. The van der Waals surface area contributed by atoms with Gasteiger partial charge in [-0.2, -0.15) is 0 Å². The Labute approximate surface area is 268 Å². The van der Waals surface area contributed by atoms with Crippen molar-refractivity contribution in [2.75, 3.05) is 31.6 Å². The number of benzene rings is 3. The van der Waals surface area contributed by atoms with Crippen LogP contribution in [-0.4, -0.2) is 51.5 Å². The number of oxazole rings is 1. The van der Waals surface area contributed by atoms with Crippen LogP contribution in [0.5, 0.6) is 11.5 Å². The third-order valence-electron chi connectivity index (χ3n) is 8.49. The zero-order chi connectivity index (χ0) is 31.8. The molecule has 45 heavy (non-hydrogen) atoms. The number of carbonyl (C=O) groups is 1. The molecule has 3 aromatic carbocycles. The van der Waals surface area contributed by atoms with Gasteiger partial charge in [0, 0.05) is 29.2 Å². The van der Waals surface area contributed by atoms with Crippen LogP contribution in [0.2, 0.25) is 5.02 Å². The SMILES string of the molecule is CCCNCc1ccc(OC)c(C2(N3CCCC3c3ncco3)C(=O)N(S(=O)(=O)c3ccc(OC)cc3)c3ccc(Cl)cc32)c1. The lowest BCUT2D eigenvalue weighted by molar-refractivity contribution is -0.127. The summed E-state index contributed by atoms with van der Waals surface area (Å²) in [6.07, 6.45) is 5.41. The Morgan fingerprint density at radius 2 is 1.87 bits per heavy atom. The fourth-order valence-electron chi connectivity index (χ4n) is 6.51. The van der Waals surface area contributed by atoms with Crippen LogP contribution in [0.15, 0.2) is 82.4 Å². The second-order valence-electron chi connectivity index (χ2n) is 11.1. The van der Waals surface area contributed by atoms with Crippen molar-refractivity contribution >= 4 is 33.2 Å². The molecule has 1 fully saturated rings. The lowest BCUT2D eigenvalue weighted by Gasteiger charge is -2.41. The summed E-state index contributed by atoms with van der Waals surface area (Å²) >= 11 is 6.65. The van der Waals surface area contributed by atoms with Gasteiger partial charge in [-0.05, 0) is 86.0 Å². The van der Waals surface area contributed by atoms with Crippen molar-refractivity contribution in [3.05, 3.63) is 101 Å². The molecule has 0 radical (unpaired) electrons. The Bertz CT molecular complexity index is 1800. The van der Waals surface area contributed by atoms with Crippen molar-refractivity contribution in [2.45, 2.75) is 49.2 Å². The first-order valence-corrected chi connectivity index (χ1v) is 16.7. The normalized spacial score (nSPS) is 20.0. The fraction of sp³-hybridized carbons (Fsp3) is 0.333. The summed E-state index contributed by atoms with van der Waals surface area (Å²) in [6, 6.07) is 16.1. The minimum absolute atomic E-state index is 0.0523. The third-order valence-corrected chi connectivity index (χ3v) is 10.4.